The quantitative estimate of drug-likeness (QED) is 0.895. The zero-order valence-corrected chi connectivity index (χ0v) is 11.9. The van der Waals surface area contributed by atoms with E-state index in [1.807, 2.05) is 0 Å². The minimum absolute atomic E-state index is 0.625. The van der Waals surface area contributed by atoms with Crippen LogP contribution in [0, 0.1) is 23.0 Å². The first kappa shape index (κ1) is 18.0. The molecule has 0 heterocycles. The van der Waals surface area contributed by atoms with Crippen LogP contribution in [0.1, 0.15) is 43.6 Å². The molecule has 0 unspecified atom stereocenters. The number of nitriles is 1. The Balaban J connectivity index is 0.000000441. The molecule has 0 bridgehead atoms. The fourth-order valence-electron chi connectivity index (χ4n) is 1.49. The molecule has 0 spiro atoms. The number of halogens is 2. The smallest absolute Gasteiger partial charge is 0.338 e. The van der Waals surface area contributed by atoms with Crippen LogP contribution in [0.2, 0.25) is 0 Å². The zero-order chi connectivity index (χ0) is 15.9. The first-order chi connectivity index (χ1) is 9.20. The van der Waals surface area contributed by atoms with E-state index in [0.717, 1.165) is 12.1 Å². The third kappa shape index (κ3) is 5.76. The van der Waals surface area contributed by atoms with Crippen LogP contribution >= 0.6 is 0 Å². The van der Waals surface area contributed by atoms with Gasteiger partial charge in [0.2, 0.25) is 0 Å². The zero-order valence-electron chi connectivity index (χ0n) is 11.9. The highest BCUT2D eigenvalue weighted by molar-refractivity contribution is 5.88. The summed E-state index contributed by atoms with van der Waals surface area (Å²) in [5.41, 5.74) is -1.59. The lowest BCUT2D eigenvalue weighted by atomic mass is 10.1. The second-order valence-electron chi connectivity index (χ2n) is 4.68. The van der Waals surface area contributed by atoms with Crippen LogP contribution in [0.4, 0.5) is 8.78 Å². The van der Waals surface area contributed by atoms with Gasteiger partial charge in [0, 0.05) is 12.1 Å². The van der Waals surface area contributed by atoms with Crippen molar-refractivity contribution in [2.24, 2.45) is 0 Å². The Kier molecular flexibility index (Phi) is 7.40. The lowest BCUT2D eigenvalue weighted by Gasteiger charge is -2.10. The van der Waals surface area contributed by atoms with Crippen molar-refractivity contribution in [1.29, 1.82) is 5.26 Å². The summed E-state index contributed by atoms with van der Waals surface area (Å²) >= 11 is 0. The number of aromatic carboxylic acids is 1. The van der Waals surface area contributed by atoms with Crippen molar-refractivity contribution in [2.45, 2.75) is 39.8 Å². The van der Waals surface area contributed by atoms with Crippen molar-refractivity contribution in [1.82, 2.24) is 5.32 Å². The molecule has 4 nitrogen and oxygen atoms in total. The molecule has 0 aromatic heterocycles. The molecule has 1 aromatic rings. The van der Waals surface area contributed by atoms with Crippen LogP contribution < -0.4 is 5.32 Å². The molecule has 0 amide bonds. The minimum Gasteiger partial charge on any atom is -0.478 e. The summed E-state index contributed by atoms with van der Waals surface area (Å²) in [6, 6.07) is 4.01. The summed E-state index contributed by atoms with van der Waals surface area (Å²) < 4.78 is 25.6. The van der Waals surface area contributed by atoms with E-state index in [4.69, 9.17) is 10.4 Å². The number of carboxylic acids is 1. The number of nitrogens with one attached hydrogen (secondary N) is 1. The monoisotopic (exact) mass is 284 g/mol. The normalized spacial score (nSPS) is 9.95. The Morgan fingerprint density at radius 1 is 1.25 bits per heavy atom. The van der Waals surface area contributed by atoms with Gasteiger partial charge in [-0.15, -0.1) is 0 Å². The first-order valence-electron chi connectivity index (χ1n) is 6.08. The van der Waals surface area contributed by atoms with Gasteiger partial charge < -0.3 is 10.4 Å². The number of hydrogen-bond donors (Lipinski definition) is 2. The predicted octanol–water partition coefficient (Wildman–Crippen LogP) is 2.93. The van der Waals surface area contributed by atoms with E-state index in [1.165, 1.54) is 6.07 Å². The maximum atomic E-state index is 12.9. The number of benzene rings is 1. The number of hydrogen-bond acceptors (Lipinski definition) is 3. The van der Waals surface area contributed by atoms with Crippen molar-refractivity contribution >= 4 is 5.97 Å². The average molecular weight is 284 g/mol. The Morgan fingerprint density at radius 2 is 1.75 bits per heavy atom. The summed E-state index contributed by atoms with van der Waals surface area (Å²) in [7, 11) is 0. The van der Waals surface area contributed by atoms with Gasteiger partial charge in [-0.1, -0.05) is 27.7 Å². The van der Waals surface area contributed by atoms with Crippen LogP contribution in [0.25, 0.3) is 0 Å². The molecule has 20 heavy (non-hydrogen) atoms. The summed E-state index contributed by atoms with van der Waals surface area (Å²) in [5.74, 6) is -3.94. The van der Waals surface area contributed by atoms with Crippen LogP contribution in [-0.2, 0) is 0 Å². The van der Waals surface area contributed by atoms with Crippen molar-refractivity contribution in [3.8, 4) is 6.07 Å². The van der Waals surface area contributed by atoms with Crippen molar-refractivity contribution in [2.75, 3.05) is 0 Å². The fraction of sp³-hybridized carbons (Fsp3) is 0.429. The summed E-state index contributed by atoms with van der Waals surface area (Å²) in [6.07, 6.45) is 0. The standard InChI is InChI=1S/C8H3F2NO2.C6H15N/c9-6-2-1-4(8(12)13)7(10)5(6)3-11;1-5(2)7-6(3)4/h1-2H,(H,12,13);5-7H,1-4H3. The minimum atomic E-state index is -1.53. The van der Waals surface area contributed by atoms with Gasteiger partial charge in [0.05, 0.1) is 5.56 Å². The molecule has 1 rings (SSSR count). The molecule has 0 aliphatic carbocycles. The van der Waals surface area contributed by atoms with E-state index < -0.39 is 28.7 Å². The molecule has 0 atom stereocenters. The third-order valence-electron chi connectivity index (χ3n) is 2.10. The highest BCUT2D eigenvalue weighted by atomic mass is 19.1. The molecule has 0 saturated carbocycles. The summed E-state index contributed by atoms with van der Waals surface area (Å²) in [4.78, 5) is 10.3. The third-order valence-corrected chi connectivity index (χ3v) is 2.10. The predicted molar refractivity (Wildman–Crippen MR) is 71.4 cm³/mol. The van der Waals surface area contributed by atoms with Crippen molar-refractivity contribution < 1.29 is 18.7 Å². The topological polar surface area (TPSA) is 73.1 Å². The SMILES string of the molecule is CC(C)NC(C)C.N#Cc1c(F)ccc(C(=O)O)c1F. The van der Waals surface area contributed by atoms with Gasteiger partial charge in [-0.05, 0) is 12.1 Å². The van der Waals surface area contributed by atoms with Crippen molar-refractivity contribution in [3.05, 3.63) is 34.9 Å². The molecule has 0 aliphatic rings. The van der Waals surface area contributed by atoms with Crippen LogP contribution in [0.15, 0.2) is 12.1 Å². The molecule has 110 valence electrons. The van der Waals surface area contributed by atoms with E-state index in [-0.39, 0.29) is 0 Å². The second kappa shape index (κ2) is 8.23. The lowest BCUT2D eigenvalue weighted by Crippen LogP contribution is -2.29. The first-order valence-corrected chi connectivity index (χ1v) is 6.08. The number of carbonyl (C=O) groups is 1. The molecular weight excluding hydrogens is 266 g/mol. The highest BCUT2D eigenvalue weighted by Crippen LogP contribution is 2.15. The Hall–Kier alpha value is -2.00. The van der Waals surface area contributed by atoms with Crippen LogP contribution in [0.3, 0.4) is 0 Å². The molecule has 6 heteroatoms. The second-order valence-corrected chi connectivity index (χ2v) is 4.68. The highest BCUT2D eigenvalue weighted by Gasteiger charge is 2.17. The average Bonchev–Trinajstić information content (AvgIpc) is 2.27. The number of nitrogens with zero attached hydrogens (tertiary/aromatic N) is 1. The molecule has 0 aliphatic heterocycles. The van der Waals surface area contributed by atoms with Crippen molar-refractivity contribution in [3.63, 3.8) is 0 Å². The van der Waals surface area contributed by atoms with Gasteiger partial charge >= 0.3 is 5.97 Å². The Bertz CT molecular complexity index is 503. The summed E-state index contributed by atoms with van der Waals surface area (Å²) in [5, 5.41) is 20.0. The van der Waals surface area contributed by atoms with E-state index in [0.29, 0.717) is 12.1 Å². The Labute approximate surface area is 117 Å². The largest absolute Gasteiger partial charge is 0.478 e. The van der Waals surface area contributed by atoms with Crippen LogP contribution in [0.5, 0.6) is 0 Å². The maximum absolute atomic E-state index is 12.9. The molecule has 0 saturated heterocycles. The van der Waals surface area contributed by atoms with E-state index >= 15 is 0 Å². The summed E-state index contributed by atoms with van der Waals surface area (Å²) in [6.45, 7) is 8.61. The number of carboxylic acid groups (broad SMARTS) is 1. The molecular formula is C14H18F2N2O2. The lowest BCUT2D eigenvalue weighted by molar-refractivity contribution is 0.0691. The van der Waals surface area contributed by atoms with E-state index in [1.54, 1.807) is 0 Å². The fourth-order valence-corrected chi connectivity index (χ4v) is 1.49. The molecule has 2 N–H and O–H groups in total. The maximum Gasteiger partial charge on any atom is 0.338 e. The van der Waals surface area contributed by atoms with Gasteiger partial charge in [0.25, 0.3) is 0 Å². The van der Waals surface area contributed by atoms with Gasteiger partial charge in [0.1, 0.15) is 17.4 Å². The van der Waals surface area contributed by atoms with Crippen LogP contribution in [-0.4, -0.2) is 23.2 Å². The van der Waals surface area contributed by atoms with Gasteiger partial charge in [-0.2, -0.15) is 5.26 Å². The molecule has 1 aromatic carbocycles. The van der Waals surface area contributed by atoms with Gasteiger partial charge in [0.15, 0.2) is 5.82 Å². The Morgan fingerprint density at radius 3 is 2.05 bits per heavy atom. The van der Waals surface area contributed by atoms with E-state index in [9.17, 15) is 13.6 Å². The van der Waals surface area contributed by atoms with Gasteiger partial charge in [-0.3, -0.25) is 0 Å². The van der Waals surface area contributed by atoms with Gasteiger partial charge in [-0.25, -0.2) is 13.6 Å². The van der Waals surface area contributed by atoms with E-state index in [2.05, 4.69) is 33.0 Å². The number of rotatable bonds is 3. The molecule has 0 fully saturated rings. The molecule has 0 radical (unpaired) electrons.